The predicted molar refractivity (Wildman–Crippen MR) is 68.3 cm³/mol. The van der Waals surface area contributed by atoms with E-state index in [4.69, 9.17) is 0 Å². The molecule has 84 valence electrons. The van der Waals surface area contributed by atoms with Gasteiger partial charge < -0.3 is 0 Å². The fourth-order valence-electron chi connectivity index (χ4n) is 1.82. The summed E-state index contributed by atoms with van der Waals surface area (Å²) in [6.45, 7) is 6.84. The molecule has 0 saturated carbocycles. The van der Waals surface area contributed by atoms with Crippen LogP contribution in [0.3, 0.4) is 0 Å². The first kappa shape index (κ1) is 11.1. The Hall–Kier alpha value is -1.42. The molecule has 0 aliphatic heterocycles. The van der Waals surface area contributed by atoms with Crippen LogP contribution >= 0.6 is 0 Å². The van der Waals surface area contributed by atoms with Gasteiger partial charge in [0.2, 0.25) is 0 Å². The Morgan fingerprint density at radius 1 is 1.19 bits per heavy atom. The van der Waals surface area contributed by atoms with Crippen LogP contribution < -0.4 is 5.19 Å². The predicted octanol–water partition coefficient (Wildman–Crippen LogP) is 1.74. The first-order valence-corrected chi connectivity index (χ1v) is 8.68. The molecule has 0 bridgehead atoms. The van der Waals surface area contributed by atoms with Gasteiger partial charge in [-0.3, -0.25) is 4.68 Å². The van der Waals surface area contributed by atoms with E-state index in [1.54, 1.807) is 12.7 Å². The second-order valence-corrected chi connectivity index (χ2v) is 9.50. The van der Waals surface area contributed by atoms with Crippen molar-refractivity contribution >= 4 is 13.3 Å². The average molecular weight is 231 g/mol. The summed E-state index contributed by atoms with van der Waals surface area (Å²) in [6, 6.07) is 8.87. The third-order valence-corrected chi connectivity index (χ3v) is 5.87. The number of hydrogen-bond acceptors (Lipinski definition) is 2. The van der Waals surface area contributed by atoms with Gasteiger partial charge in [0, 0.05) is 6.17 Å². The summed E-state index contributed by atoms with van der Waals surface area (Å²) in [5.41, 5.74) is 1.31. The molecule has 3 nitrogen and oxygen atoms in total. The van der Waals surface area contributed by atoms with Crippen LogP contribution in [0.1, 0.15) is 5.56 Å². The minimum absolute atomic E-state index is 0.982. The van der Waals surface area contributed by atoms with E-state index in [-0.39, 0.29) is 0 Å². The molecule has 4 heteroatoms. The van der Waals surface area contributed by atoms with Crippen LogP contribution in [0.5, 0.6) is 0 Å². The van der Waals surface area contributed by atoms with Crippen molar-refractivity contribution in [3.8, 4) is 0 Å². The standard InChI is InChI=1S/C12H17N3Si/c1-11-4-6-12(7-5-11)16(2,3)10-15-9-13-8-14-15/h4-9H,10H2,1-3H3. The van der Waals surface area contributed by atoms with E-state index >= 15 is 0 Å². The molecule has 0 amide bonds. The number of rotatable bonds is 3. The molecule has 0 atom stereocenters. The maximum Gasteiger partial charge on any atom is 0.137 e. The van der Waals surface area contributed by atoms with Crippen molar-refractivity contribution in [3.63, 3.8) is 0 Å². The Bertz CT molecular complexity index is 446. The molecule has 0 saturated heterocycles. The lowest BCUT2D eigenvalue weighted by Crippen LogP contribution is -2.46. The van der Waals surface area contributed by atoms with E-state index in [9.17, 15) is 0 Å². The lowest BCUT2D eigenvalue weighted by molar-refractivity contribution is 0.725. The Morgan fingerprint density at radius 3 is 2.44 bits per heavy atom. The van der Waals surface area contributed by atoms with Gasteiger partial charge in [-0.15, -0.1) is 0 Å². The van der Waals surface area contributed by atoms with E-state index in [0.29, 0.717) is 0 Å². The topological polar surface area (TPSA) is 30.7 Å². The summed E-state index contributed by atoms with van der Waals surface area (Å²) in [4.78, 5) is 3.99. The van der Waals surface area contributed by atoms with Gasteiger partial charge in [0.15, 0.2) is 0 Å². The molecule has 1 aromatic carbocycles. The van der Waals surface area contributed by atoms with E-state index in [0.717, 1.165) is 6.17 Å². The van der Waals surface area contributed by atoms with Crippen molar-refractivity contribution in [1.82, 2.24) is 14.8 Å². The van der Waals surface area contributed by atoms with E-state index < -0.39 is 8.07 Å². The van der Waals surface area contributed by atoms with Crippen molar-refractivity contribution in [3.05, 3.63) is 42.5 Å². The summed E-state index contributed by atoms with van der Waals surface area (Å²) >= 11 is 0. The van der Waals surface area contributed by atoms with E-state index in [1.807, 2.05) is 4.68 Å². The average Bonchev–Trinajstić information content (AvgIpc) is 2.70. The summed E-state index contributed by atoms with van der Waals surface area (Å²) in [6.07, 6.45) is 4.37. The Labute approximate surface area is 97.2 Å². The highest BCUT2D eigenvalue weighted by atomic mass is 28.3. The summed E-state index contributed by atoms with van der Waals surface area (Å²) in [7, 11) is -1.45. The van der Waals surface area contributed by atoms with Crippen LogP contribution in [0.25, 0.3) is 0 Å². The van der Waals surface area contributed by atoms with Gasteiger partial charge >= 0.3 is 0 Å². The second-order valence-electron chi connectivity index (χ2n) is 4.84. The minimum atomic E-state index is -1.45. The quantitative estimate of drug-likeness (QED) is 0.753. The number of aromatic nitrogens is 3. The molecular weight excluding hydrogens is 214 g/mol. The minimum Gasteiger partial charge on any atom is -0.256 e. The smallest absolute Gasteiger partial charge is 0.137 e. The molecule has 0 aliphatic carbocycles. The third kappa shape index (κ3) is 2.39. The van der Waals surface area contributed by atoms with Crippen molar-refractivity contribution in [2.24, 2.45) is 0 Å². The summed E-state index contributed by atoms with van der Waals surface area (Å²) in [5, 5.41) is 5.65. The first-order chi connectivity index (χ1) is 7.58. The summed E-state index contributed by atoms with van der Waals surface area (Å²) < 4.78 is 1.94. The normalized spacial score (nSPS) is 11.7. The number of aryl methyl sites for hydroxylation is 1. The zero-order chi connectivity index (χ0) is 11.6. The van der Waals surface area contributed by atoms with Crippen molar-refractivity contribution in [2.45, 2.75) is 26.2 Å². The summed E-state index contributed by atoms with van der Waals surface area (Å²) in [5.74, 6) is 0. The molecule has 1 aromatic heterocycles. The second kappa shape index (κ2) is 4.21. The molecular formula is C12H17N3Si. The van der Waals surface area contributed by atoms with Crippen LogP contribution in [-0.4, -0.2) is 22.8 Å². The SMILES string of the molecule is Cc1ccc([Si](C)(C)Cn2cncn2)cc1. The molecule has 16 heavy (non-hydrogen) atoms. The fraction of sp³-hybridized carbons (Fsp3) is 0.333. The maximum absolute atomic E-state index is 4.18. The lowest BCUT2D eigenvalue weighted by Gasteiger charge is -2.22. The van der Waals surface area contributed by atoms with Crippen LogP contribution in [0.2, 0.25) is 13.1 Å². The van der Waals surface area contributed by atoms with Crippen molar-refractivity contribution in [1.29, 1.82) is 0 Å². The van der Waals surface area contributed by atoms with E-state index in [1.165, 1.54) is 10.8 Å². The Kier molecular flexibility index (Phi) is 2.92. The number of hydrogen-bond donors (Lipinski definition) is 0. The van der Waals surface area contributed by atoms with Gasteiger partial charge in [0.25, 0.3) is 0 Å². The van der Waals surface area contributed by atoms with Crippen LogP contribution in [0, 0.1) is 6.92 Å². The van der Waals surface area contributed by atoms with Crippen LogP contribution in [-0.2, 0) is 6.17 Å². The van der Waals surface area contributed by atoms with Gasteiger partial charge in [-0.25, -0.2) is 4.98 Å². The van der Waals surface area contributed by atoms with Gasteiger partial charge in [-0.1, -0.05) is 48.1 Å². The molecule has 0 unspecified atom stereocenters. The van der Waals surface area contributed by atoms with Gasteiger partial charge in [0.1, 0.15) is 20.7 Å². The lowest BCUT2D eigenvalue weighted by atomic mass is 10.2. The monoisotopic (exact) mass is 231 g/mol. The maximum atomic E-state index is 4.18. The molecule has 0 fully saturated rings. The highest BCUT2D eigenvalue weighted by Gasteiger charge is 2.24. The molecule has 2 aromatic rings. The van der Waals surface area contributed by atoms with Crippen molar-refractivity contribution in [2.75, 3.05) is 0 Å². The van der Waals surface area contributed by atoms with Gasteiger partial charge in [0.05, 0.1) is 0 Å². The Morgan fingerprint density at radius 2 is 1.88 bits per heavy atom. The molecule has 2 rings (SSSR count). The fourth-order valence-corrected chi connectivity index (χ4v) is 4.04. The zero-order valence-electron chi connectivity index (χ0n) is 10.0. The van der Waals surface area contributed by atoms with Crippen LogP contribution in [0.15, 0.2) is 36.9 Å². The highest BCUT2D eigenvalue weighted by Crippen LogP contribution is 2.07. The molecule has 0 N–H and O–H groups in total. The van der Waals surface area contributed by atoms with E-state index in [2.05, 4.69) is 54.4 Å². The largest absolute Gasteiger partial charge is 0.256 e. The molecule has 0 aliphatic rings. The highest BCUT2D eigenvalue weighted by molar-refractivity contribution is 6.88. The number of benzene rings is 1. The van der Waals surface area contributed by atoms with Gasteiger partial charge in [-0.05, 0) is 6.92 Å². The number of nitrogens with zero attached hydrogens (tertiary/aromatic N) is 3. The zero-order valence-corrected chi connectivity index (χ0v) is 11.0. The van der Waals surface area contributed by atoms with Crippen LogP contribution in [0.4, 0.5) is 0 Å². The third-order valence-electron chi connectivity index (χ3n) is 2.86. The molecule has 1 heterocycles. The Balaban J connectivity index is 2.21. The molecule has 0 radical (unpaired) electrons. The van der Waals surface area contributed by atoms with Crippen molar-refractivity contribution < 1.29 is 0 Å². The first-order valence-electron chi connectivity index (χ1n) is 5.47. The van der Waals surface area contributed by atoms with Gasteiger partial charge in [-0.2, -0.15) is 5.10 Å². The molecule has 0 spiro atoms.